The summed E-state index contributed by atoms with van der Waals surface area (Å²) < 4.78 is 0. The number of benzene rings is 1. The molecule has 0 bridgehead atoms. The average Bonchev–Trinajstić information content (AvgIpc) is 2.65. The number of likely N-dealkylation sites (tertiary alicyclic amines) is 1. The van der Waals surface area contributed by atoms with Gasteiger partial charge >= 0.3 is 0 Å². The lowest BCUT2D eigenvalue weighted by atomic mass is 10.2. The summed E-state index contributed by atoms with van der Waals surface area (Å²) in [6, 6.07) is 9.25. The number of carbonyl (C=O) groups excluding carboxylic acids is 2. The monoisotopic (exact) mass is 246 g/mol. The van der Waals surface area contributed by atoms with E-state index in [9.17, 15) is 9.59 Å². The van der Waals surface area contributed by atoms with Gasteiger partial charge in [-0.15, -0.1) is 0 Å². The van der Waals surface area contributed by atoms with Gasteiger partial charge in [-0.1, -0.05) is 37.3 Å². The van der Waals surface area contributed by atoms with Crippen molar-refractivity contribution in [2.24, 2.45) is 0 Å². The average molecular weight is 246 g/mol. The van der Waals surface area contributed by atoms with Gasteiger partial charge in [0.1, 0.15) is 0 Å². The highest BCUT2D eigenvalue weighted by atomic mass is 16.2. The lowest BCUT2D eigenvalue weighted by molar-refractivity contribution is -0.139. The van der Waals surface area contributed by atoms with Gasteiger partial charge in [0.05, 0.1) is 19.0 Å². The fourth-order valence-corrected chi connectivity index (χ4v) is 2.09. The fourth-order valence-electron chi connectivity index (χ4n) is 2.09. The Morgan fingerprint density at radius 3 is 2.67 bits per heavy atom. The van der Waals surface area contributed by atoms with Gasteiger partial charge in [-0.3, -0.25) is 14.5 Å². The molecule has 1 saturated heterocycles. The van der Waals surface area contributed by atoms with E-state index < -0.39 is 0 Å². The molecule has 0 saturated carbocycles. The second-order valence-corrected chi connectivity index (χ2v) is 4.51. The molecular formula is C14H18N2O2. The lowest BCUT2D eigenvalue weighted by Crippen LogP contribution is -2.38. The number of hydrogen-bond acceptors (Lipinski definition) is 3. The number of carbonyl (C=O) groups is 2. The molecule has 2 rings (SSSR count). The maximum absolute atomic E-state index is 12.1. The normalized spacial score (nSPS) is 19.6. The van der Waals surface area contributed by atoms with Gasteiger partial charge in [0.25, 0.3) is 0 Å². The summed E-state index contributed by atoms with van der Waals surface area (Å²) in [4.78, 5) is 25.2. The highest BCUT2D eigenvalue weighted by molar-refractivity contribution is 6.05. The summed E-state index contributed by atoms with van der Waals surface area (Å²) in [6.45, 7) is 3.18. The highest BCUT2D eigenvalue weighted by Gasteiger charge is 2.37. The minimum Gasteiger partial charge on any atom is -0.305 e. The number of nitrogens with zero attached hydrogens (tertiary/aromatic N) is 1. The van der Waals surface area contributed by atoms with Crippen molar-refractivity contribution in [2.45, 2.75) is 32.4 Å². The summed E-state index contributed by atoms with van der Waals surface area (Å²) in [5.74, 6) is -0.185. The maximum Gasteiger partial charge on any atom is 0.247 e. The molecule has 1 aliphatic heterocycles. The van der Waals surface area contributed by atoms with E-state index >= 15 is 0 Å². The summed E-state index contributed by atoms with van der Waals surface area (Å²) in [6.07, 6.45) is 1.24. The molecule has 96 valence electrons. The molecule has 1 aromatic rings. The van der Waals surface area contributed by atoms with Crippen molar-refractivity contribution in [1.29, 1.82) is 0 Å². The van der Waals surface area contributed by atoms with Crippen LogP contribution >= 0.6 is 0 Å². The molecule has 0 radical (unpaired) electrons. The molecule has 0 aliphatic carbocycles. The minimum atomic E-state index is -0.332. The molecule has 0 unspecified atom stereocenters. The molecule has 1 aromatic carbocycles. The Morgan fingerprint density at radius 2 is 2.00 bits per heavy atom. The van der Waals surface area contributed by atoms with Crippen LogP contribution in [0.1, 0.15) is 25.3 Å². The van der Waals surface area contributed by atoms with Gasteiger partial charge in [-0.05, 0) is 18.5 Å². The maximum atomic E-state index is 12.1. The van der Waals surface area contributed by atoms with E-state index in [0.717, 1.165) is 18.5 Å². The van der Waals surface area contributed by atoms with E-state index in [0.29, 0.717) is 6.54 Å². The van der Waals surface area contributed by atoms with Gasteiger partial charge in [0, 0.05) is 0 Å². The minimum absolute atomic E-state index is 0.0857. The van der Waals surface area contributed by atoms with Crippen LogP contribution in [0.25, 0.3) is 0 Å². The van der Waals surface area contributed by atoms with Crippen LogP contribution in [0, 0.1) is 0 Å². The van der Waals surface area contributed by atoms with Crippen molar-refractivity contribution < 1.29 is 9.59 Å². The molecule has 4 heteroatoms. The zero-order valence-electron chi connectivity index (χ0n) is 10.6. The molecule has 18 heavy (non-hydrogen) atoms. The van der Waals surface area contributed by atoms with Crippen molar-refractivity contribution in [3.05, 3.63) is 35.9 Å². The Balaban J connectivity index is 2.01. The third kappa shape index (κ3) is 2.76. The Morgan fingerprint density at radius 1 is 1.28 bits per heavy atom. The van der Waals surface area contributed by atoms with E-state index in [1.165, 1.54) is 4.90 Å². The molecule has 0 spiro atoms. The van der Waals surface area contributed by atoms with E-state index in [2.05, 4.69) is 5.32 Å². The van der Waals surface area contributed by atoms with Crippen LogP contribution in [-0.2, 0) is 16.1 Å². The molecule has 0 aromatic heterocycles. The van der Waals surface area contributed by atoms with Crippen molar-refractivity contribution in [2.75, 3.05) is 6.54 Å². The Bertz CT molecular complexity index is 431. The largest absolute Gasteiger partial charge is 0.305 e. The topological polar surface area (TPSA) is 49.4 Å². The smallest absolute Gasteiger partial charge is 0.247 e. The quantitative estimate of drug-likeness (QED) is 0.797. The SMILES string of the molecule is CCCN[C@@H]1CC(=O)N(Cc2ccccc2)C1=O. The van der Waals surface area contributed by atoms with Crippen LogP contribution in [0.3, 0.4) is 0 Å². The summed E-state index contributed by atoms with van der Waals surface area (Å²) in [5.41, 5.74) is 0.982. The standard InChI is InChI=1S/C14H18N2O2/c1-2-8-15-12-9-13(17)16(14(12)18)10-11-6-4-3-5-7-11/h3-7,12,15H,2,8-10H2,1H3/t12-/m1/s1. The molecule has 2 amide bonds. The molecule has 1 N–H and O–H groups in total. The molecule has 1 heterocycles. The number of rotatable bonds is 5. The number of amides is 2. The Kier molecular flexibility index (Phi) is 4.10. The third-order valence-corrected chi connectivity index (χ3v) is 3.07. The van der Waals surface area contributed by atoms with Gasteiger partial charge in [0.2, 0.25) is 11.8 Å². The van der Waals surface area contributed by atoms with E-state index in [-0.39, 0.29) is 24.3 Å². The molecule has 1 fully saturated rings. The summed E-state index contributed by atoms with van der Waals surface area (Å²) in [5, 5.41) is 3.12. The Hall–Kier alpha value is -1.68. The van der Waals surface area contributed by atoms with Gasteiger partial charge in [-0.2, -0.15) is 0 Å². The Labute approximate surface area is 107 Å². The predicted octanol–water partition coefficient (Wildman–Crippen LogP) is 1.31. The fraction of sp³-hybridized carbons (Fsp3) is 0.429. The van der Waals surface area contributed by atoms with Gasteiger partial charge in [-0.25, -0.2) is 0 Å². The second-order valence-electron chi connectivity index (χ2n) is 4.51. The number of nitrogens with one attached hydrogen (secondary N) is 1. The molecule has 1 atom stereocenters. The first-order valence-corrected chi connectivity index (χ1v) is 6.34. The van der Waals surface area contributed by atoms with Crippen molar-refractivity contribution in [3.8, 4) is 0 Å². The highest BCUT2D eigenvalue weighted by Crippen LogP contribution is 2.16. The summed E-state index contributed by atoms with van der Waals surface area (Å²) in [7, 11) is 0. The van der Waals surface area contributed by atoms with Crippen LogP contribution in [0.15, 0.2) is 30.3 Å². The summed E-state index contributed by atoms with van der Waals surface area (Å²) >= 11 is 0. The first-order chi connectivity index (χ1) is 8.72. The van der Waals surface area contributed by atoms with E-state index in [1.54, 1.807) is 0 Å². The van der Waals surface area contributed by atoms with Crippen molar-refractivity contribution >= 4 is 11.8 Å². The first-order valence-electron chi connectivity index (χ1n) is 6.34. The predicted molar refractivity (Wildman–Crippen MR) is 68.7 cm³/mol. The van der Waals surface area contributed by atoms with Gasteiger partial charge < -0.3 is 5.32 Å². The third-order valence-electron chi connectivity index (χ3n) is 3.07. The van der Waals surface area contributed by atoms with Crippen LogP contribution in [0.4, 0.5) is 0 Å². The molecule has 1 aliphatic rings. The van der Waals surface area contributed by atoms with Crippen LogP contribution < -0.4 is 5.32 Å². The van der Waals surface area contributed by atoms with Crippen molar-refractivity contribution in [3.63, 3.8) is 0 Å². The van der Waals surface area contributed by atoms with Gasteiger partial charge in [0.15, 0.2) is 0 Å². The molecule has 4 nitrogen and oxygen atoms in total. The zero-order valence-corrected chi connectivity index (χ0v) is 10.6. The number of imide groups is 1. The second kappa shape index (κ2) is 5.78. The van der Waals surface area contributed by atoms with E-state index in [1.807, 2.05) is 37.3 Å². The number of hydrogen-bond donors (Lipinski definition) is 1. The van der Waals surface area contributed by atoms with Crippen LogP contribution in [0.2, 0.25) is 0 Å². The molecular weight excluding hydrogens is 228 g/mol. The van der Waals surface area contributed by atoms with Crippen LogP contribution in [-0.4, -0.2) is 29.3 Å². The van der Waals surface area contributed by atoms with Crippen molar-refractivity contribution in [1.82, 2.24) is 10.2 Å². The first kappa shape index (κ1) is 12.8. The van der Waals surface area contributed by atoms with Crippen LogP contribution in [0.5, 0.6) is 0 Å². The van der Waals surface area contributed by atoms with E-state index in [4.69, 9.17) is 0 Å². The zero-order chi connectivity index (χ0) is 13.0. The lowest BCUT2D eigenvalue weighted by Gasteiger charge is -2.15.